The van der Waals surface area contributed by atoms with E-state index in [4.69, 9.17) is 15.5 Å². The third kappa shape index (κ3) is 2.74. The lowest BCUT2D eigenvalue weighted by Gasteiger charge is -2.06. The lowest BCUT2D eigenvalue weighted by Crippen LogP contribution is -2.05. The Kier molecular flexibility index (Phi) is 4.45. The van der Waals surface area contributed by atoms with Crippen LogP contribution in [0, 0.1) is 6.92 Å². The smallest absolute Gasteiger partial charge is 0.194 e. The van der Waals surface area contributed by atoms with Crippen LogP contribution in [-0.2, 0) is 6.42 Å². The van der Waals surface area contributed by atoms with Crippen molar-refractivity contribution in [1.29, 1.82) is 0 Å². The Balaban J connectivity index is 1.94. The number of rotatable bonds is 6. The van der Waals surface area contributed by atoms with E-state index >= 15 is 0 Å². The van der Waals surface area contributed by atoms with Gasteiger partial charge in [0.1, 0.15) is 5.75 Å². The number of benzene rings is 1. The lowest BCUT2D eigenvalue weighted by atomic mass is 10.1. The molecule has 5 heteroatoms. The maximum absolute atomic E-state index is 5.69. The average Bonchev–Trinajstić information content (AvgIpc) is 3.08. The molecule has 0 radical (unpaired) electrons. The third-order valence-corrected chi connectivity index (χ3v) is 4.54. The molecule has 0 aliphatic rings. The zero-order valence-corrected chi connectivity index (χ0v) is 13.8. The molecule has 3 aromatic rings. The van der Waals surface area contributed by atoms with E-state index in [0.717, 1.165) is 41.4 Å². The van der Waals surface area contributed by atoms with Gasteiger partial charge >= 0.3 is 0 Å². The van der Waals surface area contributed by atoms with Crippen LogP contribution in [0.5, 0.6) is 5.75 Å². The molecule has 0 bridgehead atoms. The van der Waals surface area contributed by atoms with Crippen LogP contribution in [0.3, 0.4) is 0 Å². The van der Waals surface area contributed by atoms with E-state index in [9.17, 15) is 0 Å². The third-order valence-electron chi connectivity index (χ3n) is 3.67. The van der Waals surface area contributed by atoms with E-state index in [0.29, 0.717) is 6.54 Å². The minimum Gasteiger partial charge on any atom is -0.494 e. The van der Waals surface area contributed by atoms with Gasteiger partial charge in [-0.2, -0.15) is 0 Å². The number of imidazole rings is 1. The summed E-state index contributed by atoms with van der Waals surface area (Å²) in [6, 6.07) is 8.18. The fourth-order valence-electron chi connectivity index (χ4n) is 2.59. The predicted molar refractivity (Wildman–Crippen MR) is 91.8 cm³/mol. The molecule has 4 nitrogen and oxygen atoms in total. The van der Waals surface area contributed by atoms with Crippen LogP contribution in [0.4, 0.5) is 0 Å². The van der Waals surface area contributed by atoms with Crippen molar-refractivity contribution in [2.24, 2.45) is 5.73 Å². The number of nitrogens with zero attached hydrogens (tertiary/aromatic N) is 2. The van der Waals surface area contributed by atoms with Crippen LogP contribution in [0.2, 0.25) is 0 Å². The number of aryl methyl sites for hydroxylation is 1. The first-order chi connectivity index (χ1) is 10.7. The molecule has 0 amide bonds. The van der Waals surface area contributed by atoms with Crippen LogP contribution in [0.25, 0.3) is 16.2 Å². The molecular weight excluding hydrogens is 294 g/mol. The Labute approximate surface area is 134 Å². The molecule has 0 aliphatic heterocycles. The fourth-order valence-corrected chi connectivity index (χ4v) is 3.56. The molecule has 2 N–H and O–H groups in total. The van der Waals surface area contributed by atoms with Crippen LogP contribution < -0.4 is 10.5 Å². The van der Waals surface area contributed by atoms with Crippen molar-refractivity contribution in [3.8, 4) is 17.0 Å². The van der Waals surface area contributed by atoms with Crippen molar-refractivity contribution < 1.29 is 4.74 Å². The number of hydrogen-bond donors (Lipinski definition) is 1. The second-order valence-electron chi connectivity index (χ2n) is 5.30. The number of aromatic nitrogens is 2. The van der Waals surface area contributed by atoms with Crippen LogP contribution in [0.15, 0.2) is 29.6 Å². The molecule has 0 saturated heterocycles. The van der Waals surface area contributed by atoms with Gasteiger partial charge in [0.25, 0.3) is 0 Å². The first-order valence-electron chi connectivity index (χ1n) is 7.63. The molecule has 116 valence electrons. The van der Waals surface area contributed by atoms with Gasteiger partial charge in [-0.05, 0) is 44.2 Å². The maximum Gasteiger partial charge on any atom is 0.194 e. The fraction of sp³-hybridized carbons (Fsp3) is 0.353. The highest BCUT2D eigenvalue weighted by atomic mass is 32.1. The second-order valence-corrected chi connectivity index (χ2v) is 6.14. The van der Waals surface area contributed by atoms with Gasteiger partial charge < -0.3 is 10.5 Å². The summed E-state index contributed by atoms with van der Waals surface area (Å²) < 4.78 is 7.85. The molecule has 0 fully saturated rings. The van der Waals surface area contributed by atoms with Gasteiger partial charge in [0.05, 0.1) is 12.3 Å². The molecule has 0 unspecified atom stereocenters. The van der Waals surface area contributed by atoms with Crippen molar-refractivity contribution >= 4 is 16.3 Å². The number of nitrogens with two attached hydrogens (primary N) is 1. The number of ether oxygens (including phenoxy) is 1. The quantitative estimate of drug-likeness (QED) is 0.755. The Bertz CT molecular complexity index is 758. The minimum absolute atomic E-state index is 0.655. The average molecular weight is 315 g/mol. The van der Waals surface area contributed by atoms with E-state index in [-0.39, 0.29) is 0 Å². The normalized spacial score (nSPS) is 11.2. The van der Waals surface area contributed by atoms with Crippen molar-refractivity contribution in [1.82, 2.24) is 9.38 Å². The van der Waals surface area contributed by atoms with Gasteiger partial charge in [-0.1, -0.05) is 6.92 Å². The summed E-state index contributed by atoms with van der Waals surface area (Å²) in [5, 5.41) is 2.15. The van der Waals surface area contributed by atoms with Crippen molar-refractivity contribution in [2.75, 3.05) is 13.2 Å². The van der Waals surface area contributed by atoms with Gasteiger partial charge in [0.15, 0.2) is 4.96 Å². The molecule has 0 aliphatic carbocycles. The predicted octanol–water partition coefficient (Wildman–Crippen LogP) is 3.66. The van der Waals surface area contributed by atoms with Gasteiger partial charge in [0.2, 0.25) is 0 Å². The number of hydrogen-bond acceptors (Lipinski definition) is 4. The zero-order chi connectivity index (χ0) is 15.5. The monoisotopic (exact) mass is 315 g/mol. The Morgan fingerprint density at radius 1 is 1.27 bits per heavy atom. The standard InChI is InChI=1S/C17H21N3OS/c1-3-10-21-15-6-4-13(5-7-15)16-12(2)20-14(8-9-18)11-22-17(20)19-16/h4-7,11H,3,8-10,18H2,1-2H3. The highest BCUT2D eigenvalue weighted by Gasteiger charge is 2.14. The van der Waals surface area contributed by atoms with E-state index in [1.54, 1.807) is 11.3 Å². The van der Waals surface area contributed by atoms with Crippen LogP contribution >= 0.6 is 11.3 Å². The minimum atomic E-state index is 0.655. The van der Waals surface area contributed by atoms with Crippen LogP contribution in [-0.4, -0.2) is 22.5 Å². The van der Waals surface area contributed by atoms with E-state index in [2.05, 4.69) is 35.8 Å². The first kappa shape index (κ1) is 15.1. The summed E-state index contributed by atoms with van der Waals surface area (Å²) in [5.74, 6) is 0.910. The van der Waals surface area contributed by atoms with Crippen molar-refractivity contribution in [3.63, 3.8) is 0 Å². The molecular formula is C17H21N3OS. The van der Waals surface area contributed by atoms with Crippen LogP contribution in [0.1, 0.15) is 24.7 Å². The highest BCUT2D eigenvalue weighted by molar-refractivity contribution is 7.15. The number of fused-ring (bicyclic) bond motifs is 1. The van der Waals surface area contributed by atoms with E-state index in [1.165, 1.54) is 11.4 Å². The van der Waals surface area contributed by atoms with E-state index in [1.807, 2.05) is 12.1 Å². The summed E-state index contributed by atoms with van der Waals surface area (Å²) in [7, 11) is 0. The lowest BCUT2D eigenvalue weighted by molar-refractivity contribution is 0.317. The Morgan fingerprint density at radius 3 is 2.73 bits per heavy atom. The summed E-state index contributed by atoms with van der Waals surface area (Å²) in [6.07, 6.45) is 1.89. The molecule has 0 spiro atoms. The maximum atomic E-state index is 5.69. The second kappa shape index (κ2) is 6.50. The largest absolute Gasteiger partial charge is 0.494 e. The summed E-state index contributed by atoms with van der Waals surface area (Å²) >= 11 is 1.67. The highest BCUT2D eigenvalue weighted by Crippen LogP contribution is 2.29. The summed E-state index contributed by atoms with van der Waals surface area (Å²) in [6.45, 7) is 5.63. The zero-order valence-electron chi connectivity index (χ0n) is 13.0. The Hall–Kier alpha value is -1.85. The van der Waals surface area contributed by atoms with E-state index < -0.39 is 0 Å². The van der Waals surface area contributed by atoms with Gasteiger partial charge in [-0.25, -0.2) is 4.98 Å². The summed E-state index contributed by atoms with van der Waals surface area (Å²) in [5.41, 5.74) is 10.3. The summed E-state index contributed by atoms with van der Waals surface area (Å²) in [4.78, 5) is 5.81. The molecule has 0 saturated carbocycles. The Morgan fingerprint density at radius 2 is 2.05 bits per heavy atom. The first-order valence-corrected chi connectivity index (χ1v) is 8.51. The molecule has 1 aromatic carbocycles. The SMILES string of the molecule is CCCOc1ccc(-c2nc3scc(CCN)n3c2C)cc1. The molecule has 22 heavy (non-hydrogen) atoms. The molecule has 0 atom stereocenters. The molecule has 3 rings (SSSR count). The van der Waals surface area contributed by atoms with Gasteiger partial charge in [-0.3, -0.25) is 4.40 Å². The molecule has 2 heterocycles. The van der Waals surface area contributed by atoms with Crippen molar-refractivity contribution in [3.05, 3.63) is 41.0 Å². The van der Waals surface area contributed by atoms with Crippen molar-refractivity contribution in [2.45, 2.75) is 26.7 Å². The topological polar surface area (TPSA) is 52.5 Å². The van der Waals surface area contributed by atoms with Gasteiger partial charge in [-0.15, -0.1) is 11.3 Å². The molecule has 2 aromatic heterocycles. The van der Waals surface area contributed by atoms with Gasteiger partial charge in [0, 0.05) is 28.8 Å². The number of thiazole rings is 1.